The molecule has 1 aromatic heterocycles. The number of rotatable bonds is 2. The molecular weight excluding hydrogens is 275 g/mol. The van der Waals surface area contributed by atoms with Gasteiger partial charge in [0.05, 0.1) is 6.61 Å². The minimum absolute atomic E-state index is 0.180. The zero-order valence-electron chi connectivity index (χ0n) is 9.62. The Morgan fingerprint density at radius 1 is 1.74 bits per heavy atom. The van der Waals surface area contributed by atoms with Crippen LogP contribution in [0.15, 0.2) is 17.1 Å². The first-order valence-corrected chi connectivity index (χ1v) is 5.77. The van der Waals surface area contributed by atoms with Crippen molar-refractivity contribution in [2.24, 2.45) is 0 Å². The maximum atomic E-state index is 14.0. The number of aromatic amines is 1. The lowest BCUT2D eigenvalue weighted by molar-refractivity contribution is -0.0749. The quantitative estimate of drug-likeness (QED) is 0.504. The Morgan fingerprint density at radius 3 is 2.95 bits per heavy atom. The first-order chi connectivity index (χ1) is 8.93. The van der Waals surface area contributed by atoms with Crippen molar-refractivity contribution >= 4 is 12.2 Å². The van der Waals surface area contributed by atoms with Gasteiger partial charge in [0.25, 0.3) is 0 Å². The van der Waals surface area contributed by atoms with Gasteiger partial charge in [0.15, 0.2) is 12.4 Å². The second kappa shape index (κ2) is 4.86. The SMILES string of the molecule is C#C[C@@]1(O)C(F)[C@@H](CO)O[C@H]1n1ccc(=S)[nH]c1=O. The molecule has 0 aromatic carbocycles. The third-order valence-electron chi connectivity index (χ3n) is 2.94. The topological polar surface area (TPSA) is 87.5 Å². The molecular formula is C11H11FN2O4S. The molecule has 8 heteroatoms. The maximum absolute atomic E-state index is 14.0. The van der Waals surface area contributed by atoms with Gasteiger partial charge in [-0.3, -0.25) is 9.55 Å². The zero-order chi connectivity index (χ0) is 14.2. The number of ether oxygens (including phenoxy) is 1. The van der Waals surface area contributed by atoms with Crippen LogP contribution in [0.2, 0.25) is 0 Å². The van der Waals surface area contributed by atoms with Crippen LogP contribution in [0.5, 0.6) is 0 Å². The molecule has 1 aliphatic heterocycles. The smallest absolute Gasteiger partial charge is 0.328 e. The van der Waals surface area contributed by atoms with E-state index in [1.54, 1.807) is 0 Å². The molecule has 0 spiro atoms. The number of nitrogens with one attached hydrogen (secondary N) is 1. The number of H-pyrrole nitrogens is 1. The zero-order valence-corrected chi connectivity index (χ0v) is 10.4. The van der Waals surface area contributed by atoms with Crippen molar-refractivity contribution in [2.45, 2.75) is 24.1 Å². The minimum atomic E-state index is -2.34. The van der Waals surface area contributed by atoms with Gasteiger partial charge >= 0.3 is 5.69 Å². The van der Waals surface area contributed by atoms with Crippen LogP contribution in [0, 0.1) is 17.0 Å². The molecule has 1 aliphatic rings. The first-order valence-electron chi connectivity index (χ1n) is 5.36. The third-order valence-corrected chi connectivity index (χ3v) is 3.18. The summed E-state index contributed by atoms with van der Waals surface area (Å²) in [4.78, 5) is 14.0. The Morgan fingerprint density at radius 2 is 2.42 bits per heavy atom. The van der Waals surface area contributed by atoms with Crippen LogP contribution >= 0.6 is 12.2 Å². The second-order valence-electron chi connectivity index (χ2n) is 4.10. The van der Waals surface area contributed by atoms with Crippen molar-refractivity contribution in [3.8, 4) is 12.3 Å². The fraction of sp³-hybridized carbons (Fsp3) is 0.455. The molecule has 3 N–H and O–H groups in total. The average molecular weight is 286 g/mol. The number of terminal acetylenes is 1. The highest BCUT2D eigenvalue weighted by Crippen LogP contribution is 2.39. The molecule has 1 saturated heterocycles. The number of aromatic nitrogens is 2. The van der Waals surface area contributed by atoms with E-state index in [-0.39, 0.29) is 4.64 Å². The summed E-state index contributed by atoms with van der Waals surface area (Å²) in [5, 5.41) is 19.1. The molecule has 0 aliphatic carbocycles. The molecule has 1 fully saturated rings. The molecule has 0 radical (unpaired) electrons. The fourth-order valence-corrected chi connectivity index (χ4v) is 2.08. The number of hydrogen-bond donors (Lipinski definition) is 3. The molecule has 1 unspecified atom stereocenters. The van der Waals surface area contributed by atoms with Gasteiger partial charge in [-0.25, -0.2) is 9.18 Å². The lowest BCUT2D eigenvalue weighted by Gasteiger charge is -2.25. The highest BCUT2D eigenvalue weighted by Gasteiger charge is 2.56. The normalized spacial score (nSPS) is 34.1. The molecule has 1 aromatic rings. The van der Waals surface area contributed by atoms with E-state index < -0.39 is 36.4 Å². The number of aliphatic hydroxyl groups excluding tert-OH is 1. The summed E-state index contributed by atoms with van der Waals surface area (Å²) >= 11 is 4.76. The third kappa shape index (κ3) is 2.11. The summed E-state index contributed by atoms with van der Waals surface area (Å²) in [6, 6.07) is 1.37. The van der Waals surface area contributed by atoms with Crippen LogP contribution in [0.25, 0.3) is 0 Å². The maximum Gasteiger partial charge on any atom is 0.328 e. The fourth-order valence-electron chi connectivity index (χ4n) is 1.93. The van der Waals surface area contributed by atoms with E-state index in [2.05, 4.69) is 4.98 Å². The number of nitrogens with zero attached hydrogens (tertiary/aromatic N) is 1. The Labute approximate surface area is 112 Å². The van der Waals surface area contributed by atoms with Gasteiger partial charge in [-0.1, -0.05) is 18.1 Å². The van der Waals surface area contributed by atoms with E-state index in [4.69, 9.17) is 28.5 Å². The van der Waals surface area contributed by atoms with Crippen molar-refractivity contribution in [3.05, 3.63) is 27.4 Å². The van der Waals surface area contributed by atoms with Crippen LogP contribution in [0.3, 0.4) is 0 Å². The molecule has 2 rings (SSSR count). The Balaban J connectivity index is 2.52. The molecule has 0 amide bonds. The van der Waals surface area contributed by atoms with Gasteiger partial charge in [0.1, 0.15) is 10.7 Å². The molecule has 102 valence electrons. The summed E-state index contributed by atoms with van der Waals surface area (Å²) in [5.41, 5.74) is -3.04. The summed E-state index contributed by atoms with van der Waals surface area (Å²) in [6.45, 7) is -0.667. The van der Waals surface area contributed by atoms with E-state index in [9.17, 15) is 14.3 Å². The Hall–Kier alpha value is -1.53. The summed E-state index contributed by atoms with van der Waals surface area (Å²) in [5.74, 6) is 1.89. The van der Waals surface area contributed by atoms with Gasteiger partial charge in [-0.05, 0) is 6.07 Å². The minimum Gasteiger partial charge on any atom is -0.394 e. The Kier molecular flexibility index (Phi) is 3.56. The number of aliphatic hydroxyl groups is 2. The van der Waals surface area contributed by atoms with Crippen molar-refractivity contribution in [1.82, 2.24) is 9.55 Å². The van der Waals surface area contributed by atoms with E-state index in [0.29, 0.717) is 0 Å². The van der Waals surface area contributed by atoms with Crippen molar-refractivity contribution < 1.29 is 19.3 Å². The van der Waals surface area contributed by atoms with Crippen LogP contribution < -0.4 is 5.69 Å². The van der Waals surface area contributed by atoms with Crippen LogP contribution in [0.4, 0.5) is 4.39 Å². The molecule has 19 heavy (non-hydrogen) atoms. The number of halogens is 1. The average Bonchev–Trinajstić information content (AvgIpc) is 2.63. The van der Waals surface area contributed by atoms with Gasteiger partial charge in [-0.15, -0.1) is 6.42 Å². The van der Waals surface area contributed by atoms with Gasteiger partial charge in [0, 0.05) is 6.20 Å². The summed E-state index contributed by atoms with van der Waals surface area (Å²) < 4.78 is 20.2. The molecule has 0 saturated carbocycles. The van der Waals surface area contributed by atoms with E-state index in [1.807, 2.05) is 5.92 Å². The first kappa shape index (κ1) is 13.9. The molecule has 2 heterocycles. The Bertz CT molecular complexity index is 637. The number of hydrogen-bond acceptors (Lipinski definition) is 5. The van der Waals surface area contributed by atoms with E-state index >= 15 is 0 Å². The molecule has 0 bridgehead atoms. The van der Waals surface area contributed by atoms with Crippen LogP contribution in [0.1, 0.15) is 6.23 Å². The van der Waals surface area contributed by atoms with Gasteiger partial charge in [0.2, 0.25) is 5.60 Å². The van der Waals surface area contributed by atoms with E-state index in [0.717, 1.165) is 4.57 Å². The molecule has 6 nitrogen and oxygen atoms in total. The van der Waals surface area contributed by atoms with Crippen LogP contribution in [-0.2, 0) is 4.74 Å². The number of alkyl halides is 1. The summed E-state index contributed by atoms with van der Waals surface area (Å²) in [7, 11) is 0. The monoisotopic (exact) mass is 286 g/mol. The van der Waals surface area contributed by atoms with E-state index in [1.165, 1.54) is 12.3 Å². The van der Waals surface area contributed by atoms with Gasteiger partial charge < -0.3 is 14.9 Å². The highest BCUT2D eigenvalue weighted by molar-refractivity contribution is 7.71. The van der Waals surface area contributed by atoms with Gasteiger partial charge in [-0.2, -0.15) is 0 Å². The van der Waals surface area contributed by atoms with Crippen molar-refractivity contribution in [1.29, 1.82) is 0 Å². The second-order valence-corrected chi connectivity index (χ2v) is 4.54. The largest absolute Gasteiger partial charge is 0.394 e. The predicted molar refractivity (Wildman–Crippen MR) is 65.6 cm³/mol. The molecule has 4 atom stereocenters. The predicted octanol–water partition coefficient (Wildman–Crippen LogP) is -0.502. The van der Waals surface area contributed by atoms with Crippen molar-refractivity contribution in [2.75, 3.05) is 6.61 Å². The van der Waals surface area contributed by atoms with Crippen LogP contribution in [-0.4, -0.2) is 44.2 Å². The highest BCUT2D eigenvalue weighted by atomic mass is 32.1. The lowest BCUT2D eigenvalue weighted by Crippen LogP contribution is -2.45. The standard InChI is InChI=1S/C11H11FN2O4S/c1-2-11(17)8(12)6(5-15)18-9(11)14-4-3-7(19)13-10(14)16/h1,3-4,6,8-9,15,17H,5H2,(H,13,16,19)/t6-,8?,9-,11-/m1/s1. The lowest BCUT2D eigenvalue weighted by atomic mass is 9.96. The van der Waals surface area contributed by atoms with Crippen molar-refractivity contribution in [3.63, 3.8) is 0 Å². The summed E-state index contributed by atoms with van der Waals surface area (Å²) in [6.07, 6.45) is 1.62.